The SMILES string of the molecule is COc1ccc2c(c1)CCC(c1ccc(OC)cc1NCCc1ccc(OCCN3CCCCC3)cc1)C2. The summed E-state index contributed by atoms with van der Waals surface area (Å²) >= 11 is 0. The van der Waals surface area contributed by atoms with Gasteiger partial charge in [0.2, 0.25) is 0 Å². The molecule has 3 aromatic carbocycles. The van der Waals surface area contributed by atoms with Gasteiger partial charge in [-0.2, -0.15) is 0 Å². The number of hydrogen-bond acceptors (Lipinski definition) is 5. The Bertz CT molecular complexity index is 1170. The zero-order valence-corrected chi connectivity index (χ0v) is 23.0. The van der Waals surface area contributed by atoms with Crippen LogP contribution in [0.25, 0.3) is 0 Å². The largest absolute Gasteiger partial charge is 0.497 e. The molecule has 0 aromatic heterocycles. The molecule has 0 saturated carbocycles. The maximum atomic E-state index is 6.01. The van der Waals surface area contributed by atoms with Crippen molar-refractivity contribution >= 4 is 5.69 Å². The second-order valence-corrected chi connectivity index (χ2v) is 10.6. The van der Waals surface area contributed by atoms with Gasteiger partial charge in [0.05, 0.1) is 14.2 Å². The summed E-state index contributed by atoms with van der Waals surface area (Å²) in [5.74, 6) is 3.30. The molecule has 1 heterocycles. The van der Waals surface area contributed by atoms with Gasteiger partial charge < -0.3 is 19.5 Å². The van der Waals surface area contributed by atoms with E-state index in [2.05, 4.69) is 70.9 Å². The second kappa shape index (κ2) is 13.1. The third-order valence-electron chi connectivity index (χ3n) is 8.12. The van der Waals surface area contributed by atoms with E-state index in [1.54, 1.807) is 14.2 Å². The predicted octanol–water partition coefficient (Wildman–Crippen LogP) is 6.50. The van der Waals surface area contributed by atoms with E-state index in [-0.39, 0.29) is 0 Å². The lowest BCUT2D eigenvalue weighted by Gasteiger charge is -2.27. The summed E-state index contributed by atoms with van der Waals surface area (Å²) in [5.41, 5.74) is 6.73. The molecule has 1 aliphatic carbocycles. The Labute approximate surface area is 228 Å². The van der Waals surface area contributed by atoms with E-state index in [4.69, 9.17) is 14.2 Å². The minimum absolute atomic E-state index is 0.491. The van der Waals surface area contributed by atoms with Crippen LogP contribution in [0.4, 0.5) is 5.69 Å². The van der Waals surface area contributed by atoms with Crippen molar-refractivity contribution in [2.75, 3.05) is 52.3 Å². The molecule has 5 heteroatoms. The molecule has 0 spiro atoms. The van der Waals surface area contributed by atoms with Crippen LogP contribution in [0, 0.1) is 0 Å². The Morgan fingerprint density at radius 3 is 2.34 bits per heavy atom. The third kappa shape index (κ3) is 6.82. The highest BCUT2D eigenvalue weighted by molar-refractivity contribution is 5.58. The van der Waals surface area contributed by atoms with Gasteiger partial charge in [-0.25, -0.2) is 0 Å². The van der Waals surface area contributed by atoms with Crippen LogP contribution in [0.2, 0.25) is 0 Å². The number of nitrogens with zero attached hydrogens (tertiary/aromatic N) is 1. The van der Waals surface area contributed by atoms with Gasteiger partial charge in [-0.3, -0.25) is 4.90 Å². The van der Waals surface area contributed by atoms with Gasteiger partial charge >= 0.3 is 0 Å². The Morgan fingerprint density at radius 1 is 0.816 bits per heavy atom. The number of rotatable bonds is 11. The molecule has 1 N–H and O–H groups in total. The zero-order valence-electron chi connectivity index (χ0n) is 23.0. The molecular weight excluding hydrogens is 472 g/mol. The number of nitrogens with one attached hydrogen (secondary N) is 1. The van der Waals surface area contributed by atoms with Crippen LogP contribution in [0.15, 0.2) is 60.7 Å². The van der Waals surface area contributed by atoms with Crippen LogP contribution in [0.3, 0.4) is 0 Å². The first-order valence-corrected chi connectivity index (χ1v) is 14.2. The average Bonchev–Trinajstić information content (AvgIpc) is 2.98. The molecule has 0 bridgehead atoms. The first-order chi connectivity index (χ1) is 18.7. The van der Waals surface area contributed by atoms with Gasteiger partial charge in [-0.05, 0) is 110 Å². The van der Waals surface area contributed by atoms with Crippen molar-refractivity contribution in [1.29, 1.82) is 0 Å². The van der Waals surface area contributed by atoms with Gasteiger partial charge in [0, 0.05) is 24.8 Å². The van der Waals surface area contributed by atoms with Crippen molar-refractivity contribution in [3.05, 3.63) is 82.9 Å². The number of anilines is 1. The number of ether oxygens (including phenoxy) is 3. The summed E-state index contributed by atoms with van der Waals surface area (Å²) in [6.07, 6.45) is 8.25. The van der Waals surface area contributed by atoms with E-state index in [1.807, 2.05) is 0 Å². The first kappa shape index (κ1) is 26.4. The lowest BCUT2D eigenvalue weighted by Crippen LogP contribution is -2.33. The summed E-state index contributed by atoms with van der Waals surface area (Å²) < 4.78 is 17.0. The van der Waals surface area contributed by atoms with Crippen LogP contribution in [0.5, 0.6) is 17.2 Å². The van der Waals surface area contributed by atoms with E-state index >= 15 is 0 Å². The molecule has 3 aromatic rings. The van der Waals surface area contributed by atoms with E-state index in [0.29, 0.717) is 5.92 Å². The lowest BCUT2D eigenvalue weighted by molar-refractivity contribution is 0.183. The van der Waals surface area contributed by atoms with Gasteiger partial charge in [-0.1, -0.05) is 30.7 Å². The molecule has 38 heavy (non-hydrogen) atoms. The fourth-order valence-corrected chi connectivity index (χ4v) is 5.86. The fourth-order valence-electron chi connectivity index (χ4n) is 5.86. The number of benzene rings is 3. The minimum atomic E-state index is 0.491. The van der Waals surface area contributed by atoms with Gasteiger partial charge in [0.15, 0.2) is 0 Å². The van der Waals surface area contributed by atoms with Crippen LogP contribution in [-0.4, -0.2) is 51.9 Å². The summed E-state index contributed by atoms with van der Waals surface area (Å²) in [6, 6.07) is 21.6. The first-order valence-electron chi connectivity index (χ1n) is 14.2. The molecule has 0 radical (unpaired) electrons. The highest BCUT2D eigenvalue weighted by Crippen LogP contribution is 2.38. The maximum Gasteiger partial charge on any atom is 0.120 e. The standard InChI is InChI=1S/C33H42N2O3/c1-36-30-13-10-26-22-28(9-8-27(26)23-30)32-15-14-31(37-2)24-33(32)34-17-16-25-6-11-29(12-7-25)38-21-20-35-18-4-3-5-19-35/h6-7,10-15,23-24,28,34H,3-5,8-9,16-22H2,1-2H3. The van der Waals surface area contributed by atoms with Crippen molar-refractivity contribution in [3.63, 3.8) is 0 Å². The number of likely N-dealkylation sites (tertiary alicyclic amines) is 1. The van der Waals surface area contributed by atoms with Crippen LogP contribution < -0.4 is 19.5 Å². The predicted molar refractivity (Wildman–Crippen MR) is 155 cm³/mol. The maximum absolute atomic E-state index is 6.01. The van der Waals surface area contributed by atoms with Crippen molar-refractivity contribution in [3.8, 4) is 17.2 Å². The van der Waals surface area contributed by atoms with Gasteiger partial charge in [0.1, 0.15) is 23.9 Å². The van der Waals surface area contributed by atoms with E-state index in [0.717, 1.165) is 62.6 Å². The quantitative estimate of drug-likeness (QED) is 0.317. The Morgan fingerprint density at radius 2 is 1.55 bits per heavy atom. The van der Waals surface area contributed by atoms with E-state index in [9.17, 15) is 0 Å². The molecule has 1 atom stereocenters. The molecule has 1 fully saturated rings. The van der Waals surface area contributed by atoms with Crippen molar-refractivity contribution in [2.24, 2.45) is 0 Å². The average molecular weight is 515 g/mol. The van der Waals surface area contributed by atoms with Crippen molar-refractivity contribution < 1.29 is 14.2 Å². The molecule has 0 amide bonds. The number of methoxy groups -OCH3 is 2. The van der Waals surface area contributed by atoms with Gasteiger partial charge in [-0.15, -0.1) is 0 Å². The topological polar surface area (TPSA) is 43.0 Å². The summed E-state index contributed by atoms with van der Waals surface area (Å²) in [7, 11) is 3.47. The third-order valence-corrected chi connectivity index (χ3v) is 8.12. The monoisotopic (exact) mass is 514 g/mol. The number of fused-ring (bicyclic) bond motifs is 1. The molecule has 202 valence electrons. The van der Waals surface area contributed by atoms with E-state index in [1.165, 1.54) is 60.3 Å². The summed E-state index contributed by atoms with van der Waals surface area (Å²) in [6.45, 7) is 5.09. The van der Waals surface area contributed by atoms with Crippen LogP contribution >= 0.6 is 0 Å². The Kier molecular flexibility index (Phi) is 9.08. The summed E-state index contributed by atoms with van der Waals surface area (Å²) in [5, 5.41) is 3.72. The molecule has 1 saturated heterocycles. The van der Waals surface area contributed by atoms with E-state index < -0.39 is 0 Å². The Hall–Kier alpha value is -3.18. The van der Waals surface area contributed by atoms with Gasteiger partial charge in [0.25, 0.3) is 0 Å². The lowest BCUT2D eigenvalue weighted by atomic mass is 9.79. The zero-order chi connectivity index (χ0) is 26.2. The fraction of sp³-hybridized carbons (Fsp3) is 0.455. The molecule has 1 aliphatic heterocycles. The molecule has 2 aliphatic rings. The second-order valence-electron chi connectivity index (χ2n) is 10.6. The molecule has 1 unspecified atom stereocenters. The number of piperidine rings is 1. The smallest absolute Gasteiger partial charge is 0.120 e. The normalized spacial score (nSPS) is 17.5. The highest BCUT2D eigenvalue weighted by Gasteiger charge is 2.23. The van der Waals surface area contributed by atoms with Crippen molar-refractivity contribution in [2.45, 2.75) is 50.9 Å². The Balaban J connectivity index is 1.16. The van der Waals surface area contributed by atoms with Crippen molar-refractivity contribution in [1.82, 2.24) is 4.90 Å². The number of hydrogen-bond donors (Lipinski definition) is 1. The minimum Gasteiger partial charge on any atom is -0.497 e. The highest BCUT2D eigenvalue weighted by atomic mass is 16.5. The molecular formula is C33H42N2O3. The summed E-state index contributed by atoms with van der Waals surface area (Å²) in [4.78, 5) is 2.51. The molecule has 5 nitrogen and oxygen atoms in total. The van der Waals surface area contributed by atoms with Crippen LogP contribution in [0.1, 0.15) is 53.9 Å². The molecule has 5 rings (SSSR count). The van der Waals surface area contributed by atoms with Crippen LogP contribution in [-0.2, 0) is 19.3 Å². The number of aryl methyl sites for hydroxylation is 1.